The van der Waals surface area contributed by atoms with Crippen molar-refractivity contribution in [2.45, 2.75) is 26.4 Å². The molecule has 0 fully saturated rings. The number of hydrogen-bond donors (Lipinski definition) is 1. The van der Waals surface area contributed by atoms with Crippen LogP contribution in [0.25, 0.3) is 0 Å². The van der Waals surface area contributed by atoms with E-state index in [1.165, 1.54) is 0 Å². The van der Waals surface area contributed by atoms with Crippen molar-refractivity contribution in [3.63, 3.8) is 0 Å². The van der Waals surface area contributed by atoms with Crippen molar-refractivity contribution in [3.8, 4) is 6.01 Å². The van der Waals surface area contributed by atoms with Crippen LogP contribution in [0, 0.1) is 0 Å². The van der Waals surface area contributed by atoms with E-state index in [0.29, 0.717) is 11.7 Å². The molecule has 0 saturated heterocycles. The zero-order chi connectivity index (χ0) is 10.8. The van der Waals surface area contributed by atoms with Gasteiger partial charge < -0.3 is 10.5 Å². The van der Waals surface area contributed by atoms with E-state index in [1.807, 2.05) is 20.8 Å². The molecule has 0 aliphatic rings. The van der Waals surface area contributed by atoms with E-state index in [-0.39, 0.29) is 10.6 Å². The Labute approximate surface area is 88.5 Å². The predicted octanol–water partition coefficient (Wildman–Crippen LogP) is 1.29. The molecule has 0 atom stereocenters. The highest BCUT2D eigenvalue weighted by Crippen LogP contribution is 2.12. The lowest BCUT2D eigenvalue weighted by Crippen LogP contribution is -2.25. The molecule has 0 aromatic carbocycles. The van der Waals surface area contributed by atoms with E-state index < -0.39 is 0 Å². The molecule has 0 spiro atoms. The van der Waals surface area contributed by atoms with Crippen molar-refractivity contribution < 1.29 is 4.74 Å². The fourth-order valence-corrected chi connectivity index (χ4v) is 0.915. The maximum atomic E-state index is 5.46. The van der Waals surface area contributed by atoms with Crippen molar-refractivity contribution in [1.82, 2.24) is 9.97 Å². The van der Waals surface area contributed by atoms with Crippen LogP contribution in [0.5, 0.6) is 6.01 Å². The third kappa shape index (κ3) is 3.26. The smallest absolute Gasteiger partial charge is 0.317 e. The van der Waals surface area contributed by atoms with Gasteiger partial charge in [0.15, 0.2) is 0 Å². The first kappa shape index (κ1) is 10.8. The summed E-state index contributed by atoms with van der Waals surface area (Å²) in [7, 11) is 0. The van der Waals surface area contributed by atoms with Gasteiger partial charge in [-0.15, -0.1) is 0 Å². The SMILES string of the molecule is CC(C)(C)Oc1nccc(C(N)=S)n1. The van der Waals surface area contributed by atoms with Gasteiger partial charge in [-0.05, 0) is 26.8 Å². The second kappa shape index (κ2) is 3.88. The number of hydrogen-bond acceptors (Lipinski definition) is 4. The van der Waals surface area contributed by atoms with Gasteiger partial charge in [0.1, 0.15) is 16.3 Å². The van der Waals surface area contributed by atoms with E-state index in [4.69, 9.17) is 22.7 Å². The van der Waals surface area contributed by atoms with E-state index in [0.717, 1.165) is 0 Å². The highest BCUT2D eigenvalue weighted by molar-refractivity contribution is 7.80. The Morgan fingerprint density at radius 3 is 2.64 bits per heavy atom. The van der Waals surface area contributed by atoms with Crippen LogP contribution in [-0.2, 0) is 0 Å². The Bertz CT molecular complexity index is 346. The minimum absolute atomic E-state index is 0.242. The summed E-state index contributed by atoms with van der Waals surface area (Å²) in [6.07, 6.45) is 1.57. The summed E-state index contributed by atoms with van der Waals surface area (Å²) in [6, 6.07) is 1.94. The van der Waals surface area contributed by atoms with Gasteiger partial charge in [-0.1, -0.05) is 12.2 Å². The van der Waals surface area contributed by atoms with E-state index in [1.54, 1.807) is 12.3 Å². The van der Waals surface area contributed by atoms with Crippen molar-refractivity contribution in [3.05, 3.63) is 18.0 Å². The Morgan fingerprint density at radius 2 is 2.14 bits per heavy atom. The highest BCUT2D eigenvalue weighted by atomic mass is 32.1. The minimum atomic E-state index is -0.325. The van der Waals surface area contributed by atoms with Gasteiger partial charge in [-0.25, -0.2) is 4.98 Å². The van der Waals surface area contributed by atoms with Gasteiger partial charge in [-0.3, -0.25) is 0 Å². The standard InChI is InChI=1S/C9H13N3OS/c1-9(2,3)13-8-11-5-4-6(12-8)7(10)14/h4-5H,1-3H3,(H2,10,14). The molecular formula is C9H13N3OS. The summed E-state index contributed by atoms with van der Waals surface area (Å²) in [5.41, 5.74) is 5.63. The summed E-state index contributed by atoms with van der Waals surface area (Å²) < 4.78 is 5.46. The minimum Gasteiger partial charge on any atom is -0.458 e. The highest BCUT2D eigenvalue weighted by Gasteiger charge is 2.14. The number of rotatable bonds is 2. The van der Waals surface area contributed by atoms with Gasteiger partial charge in [0.2, 0.25) is 0 Å². The van der Waals surface area contributed by atoms with Crippen LogP contribution in [-0.4, -0.2) is 20.6 Å². The second-order valence-electron chi connectivity index (χ2n) is 3.80. The fraction of sp³-hybridized carbons (Fsp3) is 0.444. The number of ether oxygens (including phenoxy) is 1. The van der Waals surface area contributed by atoms with E-state index in [2.05, 4.69) is 9.97 Å². The molecule has 0 saturated carbocycles. The quantitative estimate of drug-likeness (QED) is 0.747. The summed E-state index contributed by atoms with van der Waals surface area (Å²) in [5.74, 6) is 0. The van der Waals surface area contributed by atoms with Gasteiger partial charge in [-0.2, -0.15) is 4.98 Å². The van der Waals surface area contributed by atoms with Crippen LogP contribution in [0.1, 0.15) is 26.5 Å². The van der Waals surface area contributed by atoms with Gasteiger partial charge in [0.05, 0.1) is 0 Å². The van der Waals surface area contributed by atoms with E-state index in [9.17, 15) is 0 Å². The van der Waals surface area contributed by atoms with Crippen molar-refractivity contribution in [2.24, 2.45) is 5.73 Å². The average Bonchev–Trinajstić information content (AvgIpc) is 2.01. The molecule has 76 valence electrons. The van der Waals surface area contributed by atoms with Crippen LogP contribution in [0.2, 0.25) is 0 Å². The Kier molecular flexibility index (Phi) is 3.00. The molecule has 1 aromatic rings. The summed E-state index contributed by atoms with van der Waals surface area (Å²) in [5, 5.41) is 0. The molecule has 1 aromatic heterocycles. The number of aromatic nitrogens is 2. The molecule has 1 rings (SSSR count). The van der Waals surface area contributed by atoms with Gasteiger partial charge in [0, 0.05) is 6.20 Å². The Balaban J connectivity index is 2.89. The van der Waals surface area contributed by atoms with Crippen molar-refractivity contribution in [1.29, 1.82) is 0 Å². The molecule has 5 heteroatoms. The number of nitrogens with zero attached hydrogens (tertiary/aromatic N) is 2. The first-order chi connectivity index (χ1) is 6.38. The number of nitrogens with two attached hydrogens (primary N) is 1. The predicted molar refractivity (Wildman–Crippen MR) is 58.3 cm³/mol. The fourth-order valence-electron chi connectivity index (χ4n) is 0.801. The lowest BCUT2D eigenvalue weighted by Gasteiger charge is -2.19. The summed E-state index contributed by atoms with van der Waals surface area (Å²) >= 11 is 4.79. The van der Waals surface area contributed by atoms with Crippen LogP contribution in [0.4, 0.5) is 0 Å². The average molecular weight is 211 g/mol. The normalized spacial score (nSPS) is 11.1. The first-order valence-corrected chi connectivity index (χ1v) is 4.61. The molecule has 14 heavy (non-hydrogen) atoms. The maximum absolute atomic E-state index is 5.46. The molecule has 1 heterocycles. The lowest BCUT2D eigenvalue weighted by molar-refractivity contribution is 0.116. The molecule has 2 N–H and O–H groups in total. The number of thiocarbonyl (C=S) groups is 1. The van der Waals surface area contributed by atoms with Gasteiger partial charge >= 0.3 is 6.01 Å². The van der Waals surface area contributed by atoms with Crippen molar-refractivity contribution in [2.75, 3.05) is 0 Å². The van der Waals surface area contributed by atoms with Crippen LogP contribution in [0.3, 0.4) is 0 Å². The first-order valence-electron chi connectivity index (χ1n) is 4.20. The molecule has 0 radical (unpaired) electrons. The third-order valence-corrected chi connectivity index (χ3v) is 1.49. The molecule has 0 unspecified atom stereocenters. The van der Waals surface area contributed by atoms with Gasteiger partial charge in [0.25, 0.3) is 0 Å². The molecular weight excluding hydrogens is 198 g/mol. The molecule has 0 amide bonds. The largest absolute Gasteiger partial charge is 0.458 e. The summed E-state index contributed by atoms with van der Waals surface area (Å²) in [6.45, 7) is 5.76. The molecule has 0 aliphatic heterocycles. The molecule has 4 nitrogen and oxygen atoms in total. The van der Waals surface area contributed by atoms with Crippen LogP contribution in [0.15, 0.2) is 12.3 Å². The summed E-state index contributed by atoms with van der Waals surface area (Å²) in [4.78, 5) is 8.26. The van der Waals surface area contributed by atoms with E-state index >= 15 is 0 Å². The third-order valence-electron chi connectivity index (χ3n) is 1.28. The molecule has 0 bridgehead atoms. The van der Waals surface area contributed by atoms with Crippen molar-refractivity contribution >= 4 is 17.2 Å². The zero-order valence-electron chi connectivity index (χ0n) is 8.44. The zero-order valence-corrected chi connectivity index (χ0v) is 9.26. The second-order valence-corrected chi connectivity index (χ2v) is 4.24. The monoisotopic (exact) mass is 211 g/mol. The Morgan fingerprint density at radius 1 is 1.50 bits per heavy atom. The topological polar surface area (TPSA) is 61.0 Å². The van der Waals surface area contributed by atoms with Crippen LogP contribution < -0.4 is 10.5 Å². The lowest BCUT2D eigenvalue weighted by atomic mass is 10.2. The maximum Gasteiger partial charge on any atom is 0.317 e. The Hall–Kier alpha value is -1.23. The molecule has 0 aliphatic carbocycles. The van der Waals surface area contributed by atoms with Crippen LogP contribution >= 0.6 is 12.2 Å².